The smallest absolute Gasteiger partial charge is 0.347 e. The summed E-state index contributed by atoms with van der Waals surface area (Å²) < 4.78 is 66.9. The minimum Gasteiger partial charge on any atom is -0.347 e. The highest BCUT2D eigenvalue weighted by atomic mass is 32.2. The summed E-state index contributed by atoms with van der Waals surface area (Å²) in [5.41, 5.74) is 0.671. The minimum absolute atomic E-state index is 0.184. The third kappa shape index (κ3) is 3.65. The van der Waals surface area contributed by atoms with Crippen molar-refractivity contribution in [1.82, 2.24) is 14.0 Å². The molecule has 1 atom stereocenters. The van der Waals surface area contributed by atoms with E-state index in [0.29, 0.717) is 31.1 Å². The Bertz CT molecular complexity index is 997. The van der Waals surface area contributed by atoms with Gasteiger partial charge in [-0.05, 0) is 36.4 Å². The standard InChI is InChI=1S/C18H20F3N5O2S/c1-22-29(27,28)24-9-10-25-15(11-24)12-26(16-3-2-8-23-17(16)25)14-6-4-13(5-7-14)18(19,20)21/h2-8,15,22H,9-12H2,1H3. The van der Waals surface area contributed by atoms with Gasteiger partial charge in [-0.15, -0.1) is 0 Å². The highest BCUT2D eigenvalue weighted by Crippen LogP contribution is 2.40. The number of alkyl halides is 3. The van der Waals surface area contributed by atoms with Crippen LogP contribution in [0.4, 0.5) is 30.4 Å². The van der Waals surface area contributed by atoms with E-state index in [4.69, 9.17) is 0 Å². The molecule has 29 heavy (non-hydrogen) atoms. The summed E-state index contributed by atoms with van der Waals surface area (Å²) in [4.78, 5) is 8.42. The number of halogens is 3. The number of anilines is 3. The van der Waals surface area contributed by atoms with Crippen molar-refractivity contribution >= 4 is 27.4 Å². The molecule has 1 N–H and O–H groups in total. The van der Waals surface area contributed by atoms with Crippen LogP contribution in [0.25, 0.3) is 0 Å². The molecule has 0 aliphatic carbocycles. The lowest BCUT2D eigenvalue weighted by Crippen LogP contribution is -2.61. The number of hydrogen-bond acceptors (Lipinski definition) is 5. The van der Waals surface area contributed by atoms with Crippen LogP contribution in [-0.2, 0) is 16.4 Å². The lowest BCUT2D eigenvalue weighted by atomic mass is 10.1. The van der Waals surface area contributed by atoms with Gasteiger partial charge < -0.3 is 9.80 Å². The van der Waals surface area contributed by atoms with Crippen molar-refractivity contribution < 1.29 is 21.6 Å². The van der Waals surface area contributed by atoms with Gasteiger partial charge in [-0.2, -0.15) is 25.9 Å². The molecule has 0 saturated carbocycles. The molecule has 156 valence electrons. The van der Waals surface area contributed by atoms with Crippen LogP contribution < -0.4 is 14.5 Å². The number of pyridine rings is 1. The van der Waals surface area contributed by atoms with Crippen LogP contribution in [0.15, 0.2) is 42.6 Å². The lowest BCUT2D eigenvalue weighted by molar-refractivity contribution is -0.137. The van der Waals surface area contributed by atoms with E-state index in [2.05, 4.69) is 14.6 Å². The van der Waals surface area contributed by atoms with Crippen molar-refractivity contribution in [1.29, 1.82) is 0 Å². The Kier molecular flexibility index (Phi) is 4.91. The van der Waals surface area contributed by atoms with Gasteiger partial charge in [0.2, 0.25) is 0 Å². The van der Waals surface area contributed by atoms with Crippen LogP contribution in [0, 0.1) is 0 Å². The molecule has 1 aromatic heterocycles. The van der Waals surface area contributed by atoms with Crippen LogP contribution in [0.5, 0.6) is 0 Å². The third-order valence-corrected chi connectivity index (χ3v) is 6.80. The summed E-state index contributed by atoms with van der Waals surface area (Å²) in [7, 11) is -2.19. The summed E-state index contributed by atoms with van der Waals surface area (Å²) >= 11 is 0. The van der Waals surface area contributed by atoms with Crippen molar-refractivity contribution in [3.63, 3.8) is 0 Å². The molecule has 0 amide bonds. The van der Waals surface area contributed by atoms with Gasteiger partial charge >= 0.3 is 6.18 Å². The van der Waals surface area contributed by atoms with Gasteiger partial charge in [0.15, 0.2) is 5.82 Å². The largest absolute Gasteiger partial charge is 0.416 e. The van der Waals surface area contributed by atoms with E-state index in [1.807, 2.05) is 11.0 Å². The topological polar surface area (TPSA) is 68.8 Å². The predicted octanol–water partition coefficient (Wildman–Crippen LogP) is 2.21. The van der Waals surface area contributed by atoms with Gasteiger partial charge in [0, 0.05) is 45.1 Å². The number of rotatable bonds is 3. The summed E-state index contributed by atoms with van der Waals surface area (Å²) in [5.74, 6) is 0.699. The molecule has 2 aliphatic heterocycles. The Balaban J connectivity index is 1.69. The molecule has 1 unspecified atom stereocenters. The molecule has 11 heteroatoms. The second kappa shape index (κ2) is 7.15. The van der Waals surface area contributed by atoms with Crippen LogP contribution in [0.3, 0.4) is 0 Å². The Labute approximate surface area is 166 Å². The highest BCUT2D eigenvalue weighted by molar-refractivity contribution is 7.87. The van der Waals surface area contributed by atoms with E-state index in [-0.39, 0.29) is 12.6 Å². The van der Waals surface area contributed by atoms with Crippen LogP contribution >= 0.6 is 0 Å². The van der Waals surface area contributed by atoms with Gasteiger partial charge in [0.05, 0.1) is 17.3 Å². The van der Waals surface area contributed by atoms with Gasteiger partial charge in [-0.1, -0.05) is 0 Å². The first-order valence-corrected chi connectivity index (χ1v) is 10.5. The van der Waals surface area contributed by atoms with E-state index < -0.39 is 21.9 Å². The lowest BCUT2D eigenvalue weighted by Gasteiger charge is -2.48. The van der Waals surface area contributed by atoms with Crippen LogP contribution in [0.2, 0.25) is 0 Å². The van der Waals surface area contributed by atoms with E-state index in [0.717, 1.165) is 17.8 Å². The Hall–Kier alpha value is -2.37. The molecule has 0 spiro atoms. The fourth-order valence-corrected chi connectivity index (χ4v) is 4.76. The molecule has 0 radical (unpaired) electrons. The summed E-state index contributed by atoms with van der Waals surface area (Å²) in [6, 6.07) is 8.43. The SMILES string of the molecule is CNS(=O)(=O)N1CCN2c3ncccc3N(c3ccc(C(F)(F)F)cc3)CC2C1. The van der Waals surface area contributed by atoms with Crippen molar-refractivity contribution in [3.05, 3.63) is 48.2 Å². The monoisotopic (exact) mass is 427 g/mol. The Morgan fingerprint density at radius 1 is 1.10 bits per heavy atom. The van der Waals surface area contributed by atoms with E-state index >= 15 is 0 Å². The van der Waals surface area contributed by atoms with Crippen molar-refractivity contribution in [2.75, 3.05) is 43.0 Å². The first kappa shape index (κ1) is 19.9. The molecule has 2 aliphatic rings. The second-order valence-electron chi connectivity index (χ2n) is 6.92. The number of aromatic nitrogens is 1. The quantitative estimate of drug-likeness (QED) is 0.814. The van der Waals surface area contributed by atoms with Crippen LogP contribution in [0.1, 0.15) is 5.56 Å². The number of hydrogen-bond donors (Lipinski definition) is 1. The molecule has 1 aromatic carbocycles. The number of benzene rings is 1. The normalized spacial score (nSPS) is 20.3. The molecular weight excluding hydrogens is 407 g/mol. The van der Waals surface area contributed by atoms with Crippen molar-refractivity contribution in [3.8, 4) is 0 Å². The molecule has 3 heterocycles. The van der Waals surface area contributed by atoms with Crippen LogP contribution in [-0.4, -0.2) is 57.0 Å². The first-order valence-electron chi connectivity index (χ1n) is 9.06. The van der Waals surface area contributed by atoms with Crippen molar-refractivity contribution in [2.45, 2.75) is 12.2 Å². The molecule has 1 saturated heterocycles. The molecule has 2 aromatic rings. The zero-order valence-electron chi connectivity index (χ0n) is 15.6. The molecule has 1 fully saturated rings. The Morgan fingerprint density at radius 2 is 1.83 bits per heavy atom. The maximum Gasteiger partial charge on any atom is 0.416 e. The average molecular weight is 427 g/mol. The summed E-state index contributed by atoms with van der Waals surface area (Å²) in [6.07, 6.45) is -2.75. The fraction of sp³-hybridized carbons (Fsp3) is 0.389. The summed E-state index contributed by atoms with van der Waals surface area (Å²) in [5, 5.41) is 0. The van der Waals surface area contributed by atoms with E-state index in [1.165, 1.54) is 23.5 Å². The molecule has 4 rings (SSSR count). The van der Waals surface area contributed by atoms with Gasteiger partial charge in [-0.25, -0.2) is 9.71 Å². The van der Waals surface area contributed by atoms with E-state index in [9.17, 15) is 21.6 Å². The zero-order valence-corrected chi connectivity index (χ0v) is 16.4. The van der Waals surface area contributed by atoms with Gasteiger partial charge in [0.25, 0.3) is 10.2 Å². The zero-order chi connectivity index (χ0) is 20.8. The average Bonchev–Trinajstić information content (AvgIpc) is 2.72. The number of nitrogens with one attached hydrogen (secondary N) is 1. The van der Waals surface area contributed by atoms with Crippen molar-refractivity contribution in [2.24, 2.45) is 0 Å². The molecular formula is C18H20F3N5O2S. The maximum atomic E-state index is 12.9. The van der Waals surface area contributed by atoms with Gasteiger partial charge in [-0.3, -0.25) is 0 Å². The molecule has 0 bridgehead atoms. The fourth-order valence-electron chi connectivity index (χ4n) is 3.81. The Morgan fingerprint density at radius 3 is 2.48 bits per heavy atom. The molecule has 7 nitrogen and oxygen atoms in total. The number of piperazine rings is 1. The summed E-state index contributed by atoms with van der Waals surface area (Å²) in [6.45, 7) is 1.50. The van der Waals surface area contributed by atoms with E-state index in [1.54, 1.807) is 12.3 Å². The maximum absolute atomic E-state index is 12.9. The first-order chi connectivity index (χ1) is 13.7. The number of nitrogens with zero attached hydrogens (tertiary/aromatic N) is 4. The second-order valence-corrected chi connectivity index (χ2v) is 8.79. The highest BCUT2D eigenvalue weighted by Gasteiger charge is 2.39. The number of fused-ring (bicyclic) bond motifs is 3. The van der Waals surface area contributed by atoms with Gasteiger partial charge in [0.1, 0.15) is 0 Å². The minimum atomic E-state index is -4.40. The third-order valence-electron chi connectivity index (χ3n) is 5.27. The predicted molar refractivity (Wildman–Crippen MR) is 103 cm³/mol.